The molecule has 1 heteroatoms. The highest BCUT2D eigenvalue weighted by atomic mass is 16.1. The fourth-order valence-corrected chi connectivity index (χ4v) is 6.56. The zero-order valence-corrected chi connectivity index (χ0v) is 14.2. The van der Waals surface area contributed by atoms with E-state index in [4.69, 9.17) is 0 Å². The number of hydrogen-bond donors (Lipinski definition) is 0. The van der Waals surface area contributed by atoms with Crippen molar-refractivity contribution in [3.63, 3.8) is 0 Å². The first-order valence-corrected chi connectivity index (χ1v) is 9.05. The largest absolute Gasteiger partial charge is 0.294 e. The van der Waals surface area contributed by atoms with E-state index in [0.717, 1.165) is 29.7 Å². The Labute approximate surface area is 134 Å². The second-order valence-electron chi connectivity index (χ2n) is 8.79. The Bertz CT molecular complexity index is 567. The van der Waals surface area contributed by atoms with Crippen LogP contribution in [0.5, 0.6) is 0 Å². The molecule has 22 heavy (non-hydrogen) atoms. The zero-order valence-electron chi connectivity index (χ0n) is 14.2. The summed E-state index contributed by atoms with van der Waals surface area (Å²) < 4.78 is 0. The third-order valence-corrected chi connectivity index (χ3v) is 6.66. The maximum atomic E-state index is 13.1. The number of benzene rings is 1. The Morgan fingerprint density at radius 2 is 1.41 bits per heavy atom. The van der Waals surface area contributed by atoms with E-state index in [2.05, 4.69) is 32.9 Å². The summed E-state index contributed by atoms with van der Waals surface area (Å²) in [5, 5.41) is 0. The molecule has 4 bridgehead atoms. The molecule has 4 aliphatic carbocycles. The number of aryl methyl sites for hydroxylation is 3. The Balaban J connectivity index is 1.60. The van der Waals surface area contributed by atoms with Gasteiger partial charge in [0.25, 0.3) is 0 Å². The van der Waals surface area contributed by atoms with Crippen LogP contribution < -0.4 is 0 Å². The fourth-order valence-electron chi connectivity index (χ4n) is 6.56. The summed E-state index contributed by atoms with van der Waals surface area (Å²) in [7, 11) is 0. The standard InChI is InChI=1S/C21H28O/c1-13-4-14(2)20(15(3)5-13)19(22)12-21-9-16-6-17(10-21)8-18(7-16)11-21/h4-5,16-18H,6-12H2,1-3H3. The molecule has 1 aromatic carbocycles. The van der Waals surface area contributed by atoms with Crippen LogP contribution >= 0.6 is 0 Å². The number of carbonyl (C=O) groups excluding carboxylic acids is 1. The molecule has 0 aliphatic heterocycles. The van der Waals surface area contributed by atoms with Crippen LogP contribution in [0.4, 0.5) is 0 Å². The molecular weight excluding hydrogens is 268 g/mol. The van der Waals surface area contributed by atoms with Gasteiger partial charge >= 0.3 is 0 Å². The van der Waals surface area contributed by atoms with Crippen LogP contribution in [-0.4, -0.2) is 5.78 Å². The first-order valence-electron chi connectivity index (χ1n) is 9.05. The van der Waals surface area contributed by atoms with Gasteiger partial charge in [-0.25, -0.2) is 0 Å². The second-order valence-corrected chi connectivity index (χ2v) is 8.79. The molecule has 0 unspecified atom stereocenters. The van der Waals surface area contributed by atoms with E-state index in [1.165, 1.54) is 55.2 Å². The molecule has 1 nitrogen and oxygen atoms in total. The SMILES string of the molecule is Cc1cc(C)c(C(=O)CC23CC4CC(CC(C4)C2)C3)c(C)c1. The number of rotatable bonds is 3. The zero-order chi connectivity index (χ0) is 15.5. The molecule has 4 fully saturated rings. The van der Waals surface area contributed by atoms with Gasteiger partial charge in [0, 0.05) is 12.0 Å². The van der Waals surface area contributed by atoms with Crippen LogP contribution in [0.25, 0.3) is 0 Å². The molecule has 0 radical (unpaired) electrons. The molecule has 0 amide bonds. The summed E-state index contributed by atoms with van der Waals surface area (Å²) >= 11 is 0. The van der Waals surface area contributed by atoms with Crippen molar-refractivity contribution in [2.75, 3.05) is 0 Å². The molecule has 118 valence electrons. The second kappa shape index (κ2) is 4.94. The van der Waals surface area contributed by atoms with E-state index >= 15 is 0 Å². The lowest BCUT2D eigenvalue weighted by atomic mass is 9.48. The summed E-state index contributed by atoms with van der Waals surface area (Å²) in [5.41, 5.74) is 4.98. The number of ketones is 1. The van der Waals surface area contributed by atoms with E-state index in [9.17, 15) is 4.79 Å². The van der Waals surface area contributed by atoms with Gasteiger partial charge in [-0.2, -0.15) is 0 Å². The maximum absolute atomic E-state index is 13.1. The average molecular weight is 296 g/mol. The summed E-state index contributed by atoms with van der Waals surface area (Å²) in [6.45, 7) is 6.33. The lowest BCUT2D eigenvalue weighted by Gasteiger charge is -2.56. The van der Waals surface area contributed by atoms with E-state index in [1.54, 1.807) is 0 Å². The van der Waals surface area contributed by atoms with E-state index in [0.29, 0.717) is 11.2 Å². The van der Waals surface area contributed by atoms with Gasteiger partial charge in [-0.1, -0.05) is 17.7 Å². The third-order valence-electron chi connectivity index (χ3n) is 6.66. The molecule has 0 spiro atoms. The minimum Gasteiger partial charge on any atom is -0.294 e. The summed E-state index contributed by atoms with van der Waals surface area (Å²) in [6, 6.07) is 4.33. The van der Waals surface area contributed by atoms with Gasteiger partial charge < -0.3 is 0 Å². The van der Waals surface area contributed by atoms with Crippen LogP contribution in [0.2, 0.25) is 0 Å². The summed E-state index contributed by atoms with van der Waals surface area (Å²) in [4.78, 5) is 13.1. The van der Waals surface area contributed by atoms with E-state index in [-0.39, 0.29) is 0 Å². The van der Waals surface area contributed by atoms with Crippen LogP contribution in [0, 0.1) is 43.9 Å². The van der Waals surface area contributed by atoms with Crippen molar-refractivity contribution < 1.29 is 4.79 Å². The number of Topliss-reactive ketones (excluding diaryl/α,β-unsaturated/α-hetero) is 1. The minimum absolute atomic E-state index is 0.357. The Hall–Kier alpha value is -1.11. The van der Waals surface area contributed by atoms with Gasteiger partial charge in [0.15, 0.2) is 5.78 Å². The Kier molecular flexibility index (Phi) is 3.25. The van der Waals surface area contributed by atoms with Crippen molar-refractivity contribution in [2.24, 2.45) is 23.2 Å². The van der Waals surface area contributed by atoms with Crippen molar-refractivity contribution in [3.05, 3.63) is 34.4 Å². The van der Waals surface area contributed by atoms with Crippen molar-refractivity contribution >= 4 is 5.78 Å². The molecule has 0 N–H and O–H groups in total. The molecule has 0 heterocycles. The van der Waals surface area contributed by atoms with Gasteiger partial charge in [0.05, 0.1) is 0 Å². The van der Waals surface area contributed by atoms with Gasteiger partial charge in [-0.05, 0) is 93.6 Å². The van der Waals surface area contributed by atoms with Gasteiger partial charge in [-0.3, -0.25) is 4.79 Å². The smallest absolute Gasteiger partial charge is 0.163 e. The highest BCUT2D eigenvalue weighted by Gasteiger charge is 2.51. The van der Waals surface area contributed by atoms with Crippen molar-refractivity contribution in [1.82, 2.24) is 0 Å². The van der Waals surface area contributed by atoms with Crippen LogP contribution in [0.15, 0.2) is 12.1 Å². The van der Waals surface area contributed by atoms with Crippen molar-refractivity contribution in [3.8, 4) is 0 Å². The summed E-state index contributed by atoms with van der Waals surface area (Å²) in [5.74, 6) is 3.20. The Morgan fingerprint density at radius 1 is 0.955 bits per heavy atom. The van der Waals surface area contributed by atoms with Gasteiger partial charge in [-0.15, -0.1) is 0 Å². The molecule has 4 aliphatic rings. The lowest BCUT2D eigenvalue weighted by Crippen LogP contribution is -2.46. The lowest BCUT2D eigenvalue weighted by molar-refractivity contribution is -0.0524. The first-order chi connectivity index (χ1) is 10.4. The monoisotopic (exact) mass is 296 g/mol. The normalized spacial score (nSPS) is 35.9. The minimum atomic E-state index is 0.357. The Morgan fingerprint density at radius 3 is 1.86 bits per heavy atom. The molecule has 0 aromatic heterocycles. The number of carbonyl (C=O) groups is 1. The number of hydrogen-bond acceptors (Lipinski definition) is 1. The maximum Gasteiger partial charge on any atom is 0.163 e. The molecule has 1 aromatic rings. The average Bonchev–Trinajstić information content (AvgIpc) is 2.34. The molecule has 4 saturated carbocycles. The highest BCUT2D eigenvalue weighted by Crippen LogP contribution is 2.61. The van der Waals surface area contributed by atoms with Gasteiger partial charge in [0.2, 0.25) is 0 Å². The molecule has 0 saturated heterocycles. The van der Waals surface area contributed by atoms with E-state index in [1.807, 2.05) is 0 Å². The predicted octanol–water partition coefficient (Wildman–Crippen LogP) is 5.40. The molecule has 5 rings (SSSR count). The molecule has 0 atom stereocenters. The quantitative estimate of drug-likeness (QED) is 0.682. The highest BCUT2D eigenvalue weighted by molar-refractivity contribution is 5.99. The van der Waals surface area contributed by atoms with Crippen molar-refractivity contribution in [1.29, 1.82) is 0 Å². The fraction of sp³-hybridized carbons (Fsp3) is 0.667. The predicted molar refractivity (Wildman–Crippen MR) is 90.2 cm³/mol. The summed E-state index contributed by atoms with van der Waals surface area (Å²) in [6.07, 6.45) is 9.15. The third kappa shape index (κ3) is 2.33. The first kappa shape index (κ1) is 14.5. The van der Waals surface area contributed by atoms with E-state index < -0.39 is 0 Å². The molecular formula is C21H28O. The van der Waals surface area contributed by atoms with Crippen LogP contribution in [0.1, 0.15) is 72.0 Å². The van der Waals surface area contributed by atoms with Gasteiger partial charge in [0.1, 0.15) is 0 Å². The topological polar surface area (TPSA) is 17.1 Å². The van der Waals surface area contributed by atoms with Crippen molar-refractivity contribution in [2.45, 2.75) is 65.7 Å². The van der Waals surface area contributed by atoms with Crippen LogP contribution in [-0.2, 0) is 0 Å². The van der Waals surface area contributed by atoms with Crippen LogP contribution in [0.3, 0.4) is 0 Å².